The molecule has 1 amide bonds. The third-order valence-electron chi connectivity index (χ3n) is 4.56. The summed E-state index contributed by atoms with van der Waals surface area (Å²) in [7, 11) is 2.12. The second-order valence-electron chi connectivity index (χ2n) is 6.09. The molecular weight excluding hydrogens is 290 g/mol. The summed E-state index contributed by atoms with van der Waals surface area (Å²) >= 11 is 0. The normalized spacial score (nSPS) is 21.5. The van der Waals surface area contributed by atoms with Crippen LogP contribution in [0.5, 0.6) is 0 Å². The molecule has 1 fully saturated rings. The second kappa shape index (κ2) is 6.96. The topological polar surface area (TPSA) is 58.4 Å². The molecule has 0 aromatic carbocycles. The first-order valence-corrected chi connectivity index (χ1v) is 8.16. The van der Waals surface area contributed by atoms with Crippen LogP contribution < -0.4 is 5.32 Å². The number of carbonyl (C=O) groups is 1. The summed E-state index contributed by atoms with van der Waals surface area (Å²) < 4.78 is 5.51. The summed E-state index contributed by atoms with van der Waals surface area (Å²) in [5.41, 5.74) is 1.21. The molecule has 0 aliphatic carbocycles. The molecule has 1 aliphatic heterocycles. The number of carbonyl (C=O) groups excluding carboxylic acids is 1. The van der Waals surface area contributed by atoms with Crippen LogP contribution in [0.25, 0.3) is 0 Å². The van der Waals surface area contributed by atoms with E-state index < -0.39 is 0 Å². The van der Waals surface area contributed by atoms with E-state index in [1.165, 1.54) is 5.56 Å². The lowest BCUT2D eigenvalue weighted by molar-refractivity contribution is 0.0914. The number of aromatic nitrogens is 1. The van der Waals surface area contributed by atoms with Crippen LogP contribution in [-0.2, 0) is 6.42 Å². The molecule has 1 saturated heterocycles. The summed E-state index contributed by atoms with van der Waals surface area (Å²) in [4.78, 5) is 18.8. The van der Waals surface area contributed by atoms with E-state index in [-0.39, 0.29) is 5.91 Å². The standard InChI is InChI=1S/C18H23N3O2/c1-3-15-6-7-16(23-15)18(22)20-12-14-8-10-21(2)17(14)13-5-4-9-19-11-13/h4-7,9,11,14,17H,3,8,10,12H2,1-2H3,(H,20,22)/t14-,17-/m0/s1. The van der Waals surface area contributed by atoms with E-state index in [9.17, 15) is 4.79 Å². The Bertz CT molecular complexity index is 653. The fourth-order valence-corrected chi connectivity index (χ4v) is 3.32. The summed E-state index contributed by atoms with van der Waals surface area (Å²) in [5, 5.41) is 3.02. The van der Waals surface area contributed by atoms with Crippen LogP contribution in [0.1, 0.15) is 41.3 Å². The van der Waals surface area contributed by atoms with E-state index >= 15 is 0 Å². The number of hydrogen-bond acceptors (Lipinski definition) is 4. The first-order chi connectivity index (χ1) is 11.2. The van der Waals surface area contributed by atoms with Crippen LogP contribution in [0.2, 0.25) is 0 Å². The number of rotatable bonds is 5. The highest BCUT2D eigenvalue weighted by Gasteiger charge is 2.33. The molecule has 0 bridgehead atoms. The van der Waals surface area contributed by atoms with Gasteiger partial charge in [-0.05, 0) is 49.7 Å². The van der Waals surface area contributed by atoms with Crippen molar-refractivity contribution in [3.05, 3.63) is 53.7 Å². The van der Waals surface area contributed by atoms with E-state index in [1.807, 2.05) is 25.3 Å². The molecule has 3 heterocycles. The Morgan fingerprint density at radius 2 is 2.30 bits per heavy atom. The molecule has 2 aromatic heterocycles. The average molecular weight is 313 g/mol. The minimum atomic E-state index is -0.135. The lowest BCUT2D eigenvalue weighted by atomic mass is 9.95. The van der Waals surface area contributed by atoms with Crippen LogP contribution in [0.3, 0.4) is 0 Å². The fourth-order valence-electron chi connectivity index (χ4n) is 3.32. The molecule has 0 spiro atoms. The number of nitrogens with zero attached hydrogens (tertiary/aromatic N) is 2. The van der Waals surface area contributed by atoms with Crippen LogP contribution in [0.15, 0.2) is 41.1 Å². The lowest BCUT2D eigenvalue weighted by Crippen LogP contribution is -2.32. The van der Waals surface area contributed by atoms with Gasteiger partial charge in [0.25, 0.3) is 5.91 Å². The van der Waals surface area contributed by atoms with Crippen molar-refractivity contribution in [2.24, 2.45) is 5.92 Å². The van der Waals surface area contributed by atoms with Gasteiger partial charge in [-0.15, -0.1) is 0 Å². The molecule has 2 atom stereocenters. The smallest absolute Gasteiger partial charge is 0.287 e. The van der Waals surface area contributed by atoms with E-state index in [1.54, 1.807) is 12.3 Å². The fraction of sp³-hybridized carbons (Fsp3) is 0.444. The third-order valence-corrected chi connectivity index (χ3v) is 4.56. The number of amides is 1. The first-order valence-electron chi connectivity index (χ1n) is 8.16. The Labute approximate surface area is 136 Å². The zero-order chi connectivity index (χ0) is 16.2. The van der Waals surface area contributed by atoms with Crippen molar-refractivity contribution in [3.63, 3.8) is 0 Å². The molecular formula is C18H23N3O2. The summed E-state index contributed by atoms with van der Waals surface area (Å²) in [6, 6.07) is 7.97. The molecule has 3 rings (SSSR count). The van der Waals surface area contributed by atoms with Gasteiger partial charge < -0.3 is 9.73 Å². The summed E-state index contributed by atoms with van der Waals surface area (Å²) in [6.07, 6.45) is 5.57. The van der Waals surface area contributed by atoms with Gasteiger partial charge in [0, 0.05) is 31.4 Å². The maximum Gasteiger partial charge on any atom is 0.287 e. The van der Waals surface area contributed by atoms with Crippen molar-refractivity contribution < 1.29 is 9.21 Å². The molecule has 122 valence electrons. The molecule has 1 aliphatic rings. The maximum absolute atomic E-state index is 12.2. The zero-order valence-corrected chi connectivity index (χ0v) is 13.7. The molecule has 0 unspecified atom stereocenters. The van der Waals surface area contributed by atoms with Crippen LogP contribution in [0, 0.1) is 5.92 Å². The second-order valence-corrected chi connectivity index (χ2v) is 6.09. The number of aryl methyl sites for hydroxylation is 1. The van der Waals surface area contributed by atoms with Crippen LogP contribution in [0.4, 0.5) is 0 Å². The van der Waals surface area contributed by atoms with Crippen molar-refractivity contribution in [2.45, 2.75) is 25.8 Å². The highest BCUT2D eigenvalue weighted by atomic mass is 16.3. The van der Waals surface area contributed by atoms with Crippen molar-refractivity contribution in [3.8, 4) is 0 Å². The summed E-state index contributed by atoms with van der Waals surface area (Å²) in [6.45, 7) is 3.68. The number of furan rings is 1. The third kappa shape index (κ3) is 3.45. The maximum atomic E-state index is 12.2. The number of nitrogens with one attached hydrogen (secondary N) is 1. The van der Waals surface area contributed by atoms with Crippen molar-refractivity contribution >= 4 is 5.91 Å². The van der Waals surface area contributed by atoms with Crippen LogP contribution >= 0.6 is 0 Å². The van der Waals surface area contributed by atoms with Gasteiger partial charge in [-0.3, -0.25) is 14.7 Å². The Hall–Kier alpha value is -2.14. The van der Waals surface area contributed by atoms with E-state index in [4.69, 9.17) is 4.42 Å². The van der Waals surface area contributed by atoms with Gasteiger partial charge in [-0.1, -0.05) is 13.0 Å². The molecule has 5 heteroatoms. The Balaban J connectivity index is 1.64. The van der Waals surface area contributed by atoms with Gasteiger partial charge in [0.1, 0.15) is 5.76 Å². The van der Waals surface area contributed by atoms with Crippen molar-refractivity contribution in [2.75, 3.05) is 20.1 Å². The molecule has 0 saturated carbocycles. The van der Waals surface area contributed by atoms with Gasteiger partial charge in [0.15, 0.2) is 5.76 Å². The minimum Gasteiger partial charge on any atom is -0.456 e. The SMILES string of the molecule is CCc1ccc(C(=O)NC[C@@H]2CCN(C)[C@H]2c2cccnc2)o1. The van der Waals surface area contributed by atoms with Crippen molar-refractivity contribution in [1.29, 1.82) is 0 Å². The molecule has 2 aromatic rings. The van der Waals surface area contributed by atoms with E-state index in [0.717, 1.165) is 25.1 Å². The van der Waals surface area contributed by atoms with E-state index in [0.29, 0.717) is 24.3 Å². The predicted molar refractivity (Wildman–Crippen MR) is 88.1 cm³/mol. The van der Waals surface area contributed by atoms with Crippen molar-refractivity contribution in [1.82, 2.24) is 15.2 Å². The van der Waals surface area contributed by atoms with Gasteiger partial charge in [-0.25, -0.2) is 0 Å². The Morgan fingerprint density at radius 1 is 1.43 bits per heavy atom. The quantitative estimate of drug-likeness (QED) is 0.922. The number of pyridine rings is 1. The Kier molecular flexibility index (Phi) is 4.76. The molecule has 1 N–H and O–H groups in total. The monoisotopic (exact) mass is 313 g/mol. The largest absolute Gasteiger partial charge is 0.456 e. The molecule has 5 nitrogen and oxygen atoms in total. The summed E-state index contributed by atoms with van der Waals surface area (Å²) in [5.74, 6) is 1.48. The zero-order valence-electron chi connectivity index (χ0n) is 13.7. The van der Waals surface area contributed by atoms with Gasteiger partial charge >= 0.3 is 0 Å². The van der Waals surface area contributed by atoms with Gasteiger partial charge in [0.2, 0.25) is 0 Å². The highest BCUT2D eigenvalue weighted by Crippen LogP contribution is 2.35. The number of likely N-dealkylation sites (tertiary alicyclic amines) is 1. The lowest BCUT2D eigenvalue weighted by Gasteiger charge is -2.25. The van der Waals surface area contributed by atoms with Gasteiger partial charge in [0.05, 0.1) is 0 Å². The Morgan fingerprint density at radius 3 is 3.00 bits per heavy atom. The van der Waals surface area contributed by atoms with Crippen LogP contribution in [-0.4, -0.2) is 35.9 Å². The van der Waals surface area contributed by atoms with E-state index in [2.05, 4.69) is 28.3 Å². The molecule has 0 radical (unpaired) electrons. The number of hydrogen-bond donors (Lipinski definition) is 1. The predicted octanol–water partition coefficient (Wildman–Crippen LogP) is 2.66. The van der Waals surface area contributed by atoms with Gasteiger partial charge in [-0.2, -0.15) is 0 Å². The molecule has 23 heavy (non-hydrogen) atoms. The highest BCUT2D eigenvalue weighted by molar-refractivity contribution is 5.91. The minimum absolute atomic E-state index is 0.135. The first kappa shape index (κ1) is 15.7. The average Bonchev–Trinajstić information content (AvgIpc) is 3.20.